The molecule has 1 fully saturated rings. The van der Waals surface area contributed by atoms with E-state index in [0.717, 1.165) is 5.56 Å². The van der Waals surface area contributed by atoms with Gasteiger partial charge in [0.15, 0.2) is 16.7 Å². The number of carbonyl (C=O) groups excluding carboxylic acids is 1. The van der Waals surface area contributed by atoms with Crippen LogP contribution in [-0.4, -0.2) is 30.4 Å². The van der Waals surface area contributed by atoms with Gasteiger partial charge < -0.3 is 19.9 Å². The van der Waals surface area contributed by atoms with Gasteiger partial charge in [-0.25, -0.2) is 4.99 Å². The molecule has 0 radical (unpaired) electrons. The smallest absolute Gasteiger partial charge is 0.264 e. The largest absolute Gasteiger partial charge is 0.504 e. The molecule has 8 heteroatoms. The Labute approximate surface area is 168 Å². The molecule has 2 aromatic carbocycles. The van der Waals surface area contributed by atoms with Gasteiger partial charge in [-0.05, 0) is 70.3 Å². The molecule has 0 saturated carbocycles. The lowest BCUT2D eigenvalue weighted by Crippen LogP contribution is -2.19. The van der Waals surface area contributed by atoms with Crippen LogP contribution in [0.15, 0.2) is 46.3 Å². The summed E-state index contributed by atoms with van der Waals surface area (Å²) >= 11 is 3.25. The number of phenols is 1. The number of aromatic hydroxyl groups is 1. The number of phenolic OH excluding ortho intramolecular Hbond substituents is 1. The minimum atomic E-state index is -0.231. The molecule has 6 nitrogen and oxygen atoms in total. The number of para-hydroxylation sites is 2. The first-order valence-corrected chi connectivity index (χ1v) is 9.40. The van der Waals surface area contributed by atoms with Gasteiger partial charge in [-0.1, -0.05) is 12.1 Å². The van der Waals surface area contributed by atoms with Gasteiger partial charge >= 0.3 is 0 Å². The lowest BCUT2D eigenvalue weighted by Gasteiger charge is -2.06. The zero-order valence-corrected chi connectivity index (χ0v) is 16.9. The predicted octanol–water partition coefficient (Wildman–Crippen LogP) is 3.91. The quantitative estimate of drug-likeness (QED) is 0.511. The van der Waals surface area contributed by atoms with Gasteiger partial charge in [0.1, 0.15) is 11.4 Å². The number of nitrogens with zero attached hydrogens (tertiary/aromatic N) is 1. The van der Waals surface area contributed by atoms with Crippen molar-refractivity contribution in [1.29, 1.82) is 0 Å². The maximum atomic E-state index is 12.2. The first-order valence-electron chi connectivity index (χ1n) is 7.51. The van der Waals surface area contributed by atoms with Gasteiger partial charge in [0.2, 0.25) is 0 Å². The maximum Gasteiger partial charge on any atom is 0.264 e. The van der Waals surface area contributed by atoms with E-state index in [2.05, 4.69) is 10.3 Å². The molecule has 1 aliphatic rings. The Morgan fingerprint density at radius 2 is 1.92 bits per heavy atom. The highest BCUT2D eigenvalue weighted by Crippen LogP contribution is 2.35. The first-order chi connectivity index (χ1) is 12.5. The van der Waals surface area contributed by atoms with Crippen molar-refractivity contribution in [2.75, 3.05) is 14.2 Å². The third-order valence-corrected chi connectivity index (χ3v) is 5.26. The number of thioether (sulfide) groups is 1. The van der Waals surface area contributed by atoms with E-state index in [-0.39, 0.29) is 11.7 Å². The van der Waals surface area contributed by atoms with Gasteiger partial charge in [0, 0.05) is 0 Å². The Morgan fingerprint density at radius 3 is 2.65 bits per heavy atom. The SMILES string of the molecule is COc1ccccc1N=C1NC(=O)/C(=C/c2cc(I)c(O)c(OC)c2)S1. The number of ether oxygens (including phenoxy) is 2. The van der Waals surface area contributed by atoms with Crippen LogP contribution in [-0.2, 0) is 4.79 Å². The fourth-order valence-electron chi connectivity index (χ4n) is 2.30. The van der Waals surface area contributed by atoms with E-state index < -0.39 is 0 Å². The molecule has 0 aliphatic carbocycles. The third-order valence-electron chi connectivity index (χ3n) is 3.53. The second-order valence-electron chi connectivity index (χ2n) is 5.21. The van der Waals surface area contributed by atoms with Crippen molar-refractivity contribution in [2.24, 2.45) is 4.99 Å². The highest BCUT2D eigenvalue weighted by atomic mass is 127. The Morgan fingerprint density at radius 1 is 1.19 bits per heavy atom. The van der Waals surface area contributed by atoms with Crippen molar-refractivity contribution < 1.29 is 19.4 Å². The Hall–Kier alpha value is -2.20. The topological polar surface area (TPSA) is 80.2 Å². The summed E-state index contributed by atoms with van der Waals surface area (Å²) in [6.45, 7) is 0. The van der Waals surface area contributed by atoms with Crippen molar-refractivity contribution in [3.05, 3.63) is 50.4 Å². The summed E-state index contributed by atoms with van der Waals surface area (Å²) in [6.07, 6.45) is 1.73. The zero-order chi connectivity index (χ0) is 18.7. The van der Waals surface area contributed by atoms with Crippen LogP contribution in [0.25, 0.3) is 6.08 Å². The average molecular weight is 482 g/mol. The van der Waals surface area contributed by atoms with Gasteiger partial charge in [-0.3, -0.25) is 4.79 Å². The van der Waals surface area contributed by atoms with Crippen molar-refractivity contribution in [1.82, 2.24) is 5.32 Å². The van der Waals surface area contributed by atoms with Gasteiger partial charge in [0.25, 0.3) is 5.91 Å². The van der Waals surface area contributed by atoms with Crippen molar-refractivity contribution in [2.45, 2.75) is 0 Å². The molecule has 2 aromatic rings. The molecule has 1 saturated heterocycles. The van der Waals surface area contributed by atoms with E-state index in [1.807, 2.05) is 46.9 Å². The van der Waals surface area contributed by atoms with Crippen LogP contribution in [0.1, 0.15) is 5.56 Å². The summed E-state index contributed by atoms with van der Waals surface area (Å²) in [5, 5.41) is 13.1. The summed E-state index contributed by atoms with van der Waals surface area (Å²) in [5.74, 6) is 0.836. The minimum absolute atomic E-state index is 0.0807. The minimum Gasteiger partial charge on any atom is -0.504 e. The molecule has 3 rings (SSSR count). The number of hydrogen-bond donors (Lipinski definition) is 2. The van der Waals surface area contributed by atoms with Crippen molar-refractivity contribution >= 4 is 57.2 Å². The van der Waals surface area contributed by atoms with Crippen LogP contribution in [0, 0.1) is 3.57 Å². The number of carbonyl (C=O) groups is 1. The van der Waals surface area contributed by atoms with Crippen LogP contribution in [0.2, 0.25) is 0 Å². The highest BCUT2D eigenvalue weighted by Gasteiger charge is 2.24. The van der Waals surface area contributed by atoms with E-state index in [0.29, 0.717) is 30.8 Å². The third kappa shape index (κ3) is 3.96. The standard InChI is InChI=1S/C18H15IN2O4S/c1-24-13-6-4-3-5-12(13)20-18-21-17(23)15(26-18)9-10-7-11(19)16(22)14(8-10)25-2/h3-9,22H,1-2H3,(H,20,21,23)/b15-9-. The molecule has 0 spiro atoms. The predicted molar refractivity (Wildman–Crippen MR) is 111 cm³/mol. The molecule has 2 N–H and O–H groups in total. The number of aliphatic imine (C=N–C) groups is 1. The summed E-state index contributed by atoms with van der Waals surface area (Å²) in [6, 6.07) is 10.8. The van der Waals surface area contributed by atoms with E-state index in [9.17, 15) is 9.90 Å². The highest BCUT2D eigenvalue weighted by molar-refractivity contribution is 14.1. The van der Waals surface area contributed by atoms with Crippen molar-refractivity contribution in [3.8, 4) is 17.2 Å². The number of benzene rings is 2. The van der Waals surface area contributed by atoms with E-state index in [4.69, 9.17) is 9.47 Å². The summed E-state index contributed by atoms with van der Waals surface area (Å²) in [7, 11) is 3.06. The molecular formula is C18H15IN2O4S. The number of amides is 1. The van der Waals surface area contributed by atoms with Gasteiger partial charge in [-0.2, -0.15) is 0 Å². The molecule has 1 amide bonds. The molecule has 0 atom stereocenters. The van der Waals surface area contributed by atoms with Gasteiger partial charge in [0.05, 0.1) is 22.7 Å². The molecule has 0 aromatic heterocycles. The summed E-state index contributed by atoms with van der Waals surface area (Å²) < 4.78 is 11.1. The average Bonchev–Trinajstić information content (AvgIpc) is 2.97. The number of rotatable bonds is 4. The molecule has 26 heavy (non-hydrogen) atoms. The lowest BCUT2D eigenvalue weighted by molar-refractivity contribution is -0.115. The summed E-state index contributed by atoms with van der Waals surface area (Å²) in [5.41, 5.74) is 1.39. The van der Waals surface area contributed by atoms with Crippen LogP contribution < -0.4 is 14.8 Å². The molecule has 0 bridgehead atoms. The number of nitrogens with one attached hydrogen (secondary N) is 1. The summed E-state index contributed by atoms with van der Waals surface area (Å²) in [4.78, 5) is 17.2. The van der Waals surface area contributed by atoms with Gasteiger partial charge in [-0.15, -0.1) is 0 Å². The number of amidine groups is 1. The fraction of sp³-hybridized carbons (Fsp3) is 0.111. The molecular weight excluding hydrogens is 467 g/mol. The van der Waals surface area contributed by atoms with Crippen LogP contribution in [0.4, 0.5) is 5.69 Å². The number of hydrogen-bond acceptors (Lipinski definition) is 6. The molecule has 0 unspecified atom stereocenters. The van der Waals surface area contributed by atoms with Crippen LogP contribution in [0.5, 0.6) is 17.2 Å². The Bertz CT molecular complexity index is 927. The van der Waals surface area contributed by atoms with Crippen LogP contribution in [0.3, 0.4) is 0 Å². The second-order valence-corrected chi connectivity index (χ2v) is 7.40. The Kier molecular flexibility index (Phi) is 5.72. The molecule has 1 aliphatic heterocycles. The van der Waals surface area contributed by atoms with E-state index in [1.54, 1.807) is 25.3 Å². The number of methoxy groups -OCH3 is 2. The monoisotopic (exact) mass is 482 g/mol. The van der Waals surface area contributed by atoms with Crippen LogP contribution >= 0.6 is 34.4 Å². The maximum absolute atomic E-state index is 12.2. The first kappa shape index (κ1) is 18.6. The normalized spacial score (nSPS) is 16.8. The molecule has 1 heterocycles. The van der Waals surface area contributed by atoms with E-state index in [1.165, 1.54) is 18.9 Å². The lowest BCUT2D eigenvalue weighted by atomic mass is 10.2. The van der Waals surface area contributed by atoms with Crippen molar-refractivity contribution in [3.63, 3.8) is 0 Å². The molecule has 134 valence electrons. The number of halogens is 1. The fourth-order valence-corrected chi connectivity index (χ4v) is 3.76. The Balaban J connectivity index is 1.90. The second kappa shape index (κ2) is 8.00. The zero-order valence-electron chi connectivity index (χ0n) is 13.9. The van der Waals surface area contributed by atoms with E-state index >= 15 is 0 Å².